The smallest absolute Gasteiger partial charge is 0.354 e. The Morgan fingerprint density at radius 1 is 1.50 bits per heavy atom. The number of nitrogens with zero attached hydrogens (tertiary/aromatic N) is 2. The third kappa shape index (κ3) is 3.96. The van der Waals surface area contributed by atoms with Gasteiger partial charge in [-0.1, -0.05) is 13.8 Å². The predicted molar refractivity (Wildman–Crippen MR) is 67.9 cm³/mol. The maximum atomic E-state index is 10.9. The monoisotopic (exact) mass is 253 g/mol. The highest BCUT2D eigenvalue weighted by molar-refractivity contribution is 5.85. The van der Waals surface area contributed by atoms with Crippen LogP contribution in [0.15, 0.2) is 6.07 Å². The summed E-state index contributed by atoms with van der Waals surface area (Å²) >= 11 is 0. The first-order chi connectivity index (χ1) is 8.43. The van der Waals surface area contributed by atoms with Crippen molar-refractivity contribution in [2.24, 2.45) is 5.92 Å². The minimum Gasteiger partial charge on any atom is -0.477 e. The fraction of sp³-hybridized carbons (Fsp3) is 0.583. The summed E-state index contributed by atoms with van der Waals surface area (Å²) in [6.45, 7) is 6.34. The number of nitrogens with one attached hydrogen (secondary N) is 1. The molecule has 0 aromatic carbocycles. The lowest BCUT2D eigenvalue weighted by Gasteiger charge is -2.21. The first-order valence-corrected chi connectivity index (χ1v) is 5.78. The maximum absolute atomic E-state index is 10.9. The number of methoxy groups -OCH3 is 1. The van der Waals surface area contributed by atoms with E-state index in [4.69, 9.17) is 9.84 Å². The standard InChI is InChI=1S/C12H19N3O3/c1-7(2)10(6-18-4)15-12-13-8(3)5-9(14-12)11(16)17/h5,7,10H,6H2,1-4H3,(H,16,17)(H,13,14,15). The van der Waals surface area contributed by atoms with Gasteiger partial charge in [0.15, 0.2) is 5.69 Å². The molecule has 1 heterocycles. The van der Waals surface area contributed by atoms with Crippen LogP contribution in [0.4, 0.5) is 5.95 Å². The number of anilines is 1. The van der Waals surface area contributed by atoms with Crippen LogP contribution in [0.25, 0.3) is 0 Å². The Kier molecular flexibility index (Phi) is 5.03. The fourth-order valence-corrected chi connectivity index (χ4v) is 1.49. The van der Waals surface area contributed by atoms with E-state index in [9.17, 15) is 4.79 Å². The van der Waals surface area contributed by atoms with E-state index >= 15 is 0 Å². The third-order valence-electron chi connectivity index (χ3n) is 2.54. The Morgan fingerprint density at radius 2 is 2.17 bits per heavy atom. The van der Waals surface area contributed by atoms with Gasteiger partial charge in [-0.05, 0) is 18.9 Å². The van der Waals surface area contributed by atoms with Gasteiger partial charge in [-0.15, -0.1) is 0 Å². The summed E-state index contributed by atoms with van der Waals surface area (Å²) < 4.78 is 5.11. The van der Waals surface area contributed by atoms with E-state index < -0.39 is 5.97 Å². The Bertz CT molecular complexity index is 421. The highest BCUT2D eigenvalue weighted by atomic mass is 16.5. The van der Waals surface area contributed by atoms with Crippen LogP contribution >= 0.6 is 0 Å². The first-order valence-electron chi connectivity index (χ1n) is 5.78. The molecule has 0 saturated heterocycles. The average molecular weight is 253 g/mol. The minimum absolute atomic E-state index is 0.00933. The number of aromatic nitrogens is 2. The summed E-state index contributed by atoms with van der Waals surface area (Å²) in [4.78, 5) is 19.0. The molecule has 0 bridgehead atoms. The number of rotatable bonds is 6. The van der Waals surface area contributed by atoms with Crippen LogP contribution in [-0.4, -0.2) is 40.8 Å². The number of carboxylic acids is 1. The number of carbonyl (C=O) groups is 1. The predicted octanol–water partition coefficient (Wildman–Crippen LogP) is 1.57. The minimum atomic E-state index is -1.06. The maximum Gasteiger partial charge on any atom is 0.354 e. The molecule has 0 spiro atoms. The van der Waals surface area contributed by atoms with Crippen molar-refractivity contribution in [1.82, 2.24) is 9.97 Å². The molecule has 0 radical (unpaired) electrons. The van der Waals surface area contributed by atoms with Crippen LogP contribution in [-0.2, 0) is 4.74 Å². The average Bonchev–Trinajstić information content (AvgIpc) is 2.27. The molecule has 0 aliphatic carbocycles. The number of hydrogen-bond donors (Lipinski definition) is 2. The molecule has 0 amide bonds. The zero-order chi connectivity index (χ0) is 13.7. The van der Waals surface area contributed by atoms with Gasteiger partial charge < -0.3 is 15.2 Å². The van der Waals surface area contributed by atoms with Gasteiger partial charge in [0.2, 0.25) is 5.95 Å². The van der Waals surface area contributed by atoms with Crippen LogP contribution in [0.2, 0.25) is 0 Å². The van der Waals surface area contributed by atoms with Gasteiger partial charge in [0.05, 0.1) is 12.6 Å². The molecule has 1 rings (SSSR count). The van der Waals surface area contributed by atoms with Gasteiger partial charge in [-0.3, -0.25) is 0 Å². The Labute approximate surface area is 106 Å². The lowest BCUT2D eigenvalue weighted by Crippen LogP contribution is -2.31. The zero-order valence-electron chi connectivity index (χ0n) is 11.1. The third-order valence-corrected chi connectivity index (χ3v) is 2.54. The Hall–Kier alpha value is -1.69. The van der Waals surface area contributed by atoms with E-state index in [1.54, 1.807) is 14.0 Å². The number of aromatic carboxylic acids is 1. The quantitative estimate of drug-likeness (QED) is 0.800. The van der Waals surface area contributed by atoms with Crippen molar-refractivity contribution >= 4 is 11.9 Å². The van der Waals surface area contributed by atoms with Crippen LogP contribution in [0, 0.1) is 12.8 Å². The molecule has 0 aliphatic heterocycles. The van der Waals surface area contributed by atoms with Crippen molar-refractivity contribution in [3.05, 3.63) is 17.5 Å². The summed E-state index contributed by atoms with van der Waals surface area (Å²) in [5.41, 5.74) is 0.606. The molecule has 0 saturated carbocycles. The summed E-state index contributed by atoms with van der Waals surface area (Å²) in [5, 5.41) is 12.0. The van der Waals surface area contributed by atoms with Crippen LogP contribution < -0.4 is 5.32 Å². The molecule has 2 N–H and O–H groups in total. The van der Waals surface area contributed by atoms with Crippen LogP contribution in [0.5, 0.6) is 0 Å². The molecule has 1 aromatic heterocycles. The number of aryl methyl sites for hydroxylation is 1. The summed E-state index contributed by atoms with van der Waals surface area (Å²) in [6.07, 6.45) is 0. The second-order valence-corrected chi connectivity index (χ2v) is 4.47. The molecule has 0 aliphatic rings. The Morgan fingerprint density at radius 3 is 2.67 bits per heavy atom. The van der Waals surface area contributed by atoms with Crippen LogP contribution in [0.3, 0.4) is 0 Å². The molecule has 0 fully saturated rings. The van der Waals surface area contributed by atoms with Crippen molar-refractivity contribution in [3.8, 4) is 0 Å². The summed E-state index contributed by atoms with van der Waals surface area (Å²) in [7, 11) is 1.62. The van der Waals surface area contributed by atoms with Gasteiger partial charge in [0, 0.05) is 12.8 Å². The van der Waals surface area contributed by atoms with Crippen molar-refractivity contribution in [2.45, 2.75) is 26.8 Å². The first kappa shape index (κ1) is 14.4. The van der Waals surface area contributed by atoms with E-state index in [1.807, 2.05) is 13.8 Å². The van der Waals surface area contributed by atoms with Gasteiger partial charge >= 0.3 is 5.97 Å². The van der Waals surface area contributed by atoms with E-state index in [-0.39, 0.29) is 11.7 Å². The van der Waals surface area contributed by atoms with Crippen molar-refractivity contribution in [1.29, 1.82) is 0 Å². The molecule has 1 aromatic rings. The van der Waals surface area contributed by atoms with E-state index in [1.165, 1.54) is 6.07 Å². The number of carboxylic acid groups (broad SMARTS) is 1. The van der Waals surface area contributed by atoms with Gasteiger partial charge in [-0.25, -0.2) is 14.8 Å². The number of ether oxygens (including phenoxy) is 1. The fourth-order valence-electron chi connectivity index (χ4n) is 1.49. The topological polar surface area (TPSA) is 84.3 Å². The molecular weight excluding hydrogens is 234 g/mol. The largest absolute Gasteiger partial charge is 0.477 e. The summed E-state index contributed by atoms with van der Waals surface area (Å²) in [5.74, 6) is -0.415. The molecule has 18 heavy (non-hydrogen) atoms. The highest BCUT2D eigenvalue weighted by Crippen LogP contribution is 2.11. The molecule has 100 valence electrons. The lowest BCUT2D eigenvalue weighted by atomic mass is 10.1. The van der Waals surface area contributed by atoms with Crippen molar-refractivity contribution in [3.63, 3.8) is 0 Å². The molecule has 6 nitrogen and oxygen atoms in total. The molecule has 6 heteroatoms. The summed E-state index contributed by atoms with van der Waals surface area (Å²) in [6, 6.07) is 1.48. The molecule has 1 unspecified atom stereocenters. The van der Waals surface area contributed by atoms with E-state index in [0.29, 0.717) is 24.2 Å². The normalized spacial score (nSPS) is 12.5. The number of hydrogen-bond acceptors (Lipinski definition) is 5. The Balaban J connectivity index is 2.91. The van der Waals surface area contributed by atoms with Gasteiger partial charge in [0.25, 0.3) is 0 Å². The van der Waals surface area contributed by atoms with Crippen molar-refractivity contribution in [2.75, 3.05) is 19.0 Å². The van der Waals surface area contributed by atoms with E-state index in [2.05, 4.69) is 15.3 Å². The van der Waals surface area contributed by atoms with E-state index in [0.717, 1.165) is 0 Å². The molecule has 1 atom stereocenters. The highest BCUT2D eigenvalue weighted by Gasteiger charge is 2.16. The van der Waals surface area contributed by atoms with Gasteiger partial charge in [0.1, 0.15) is 0 Å². The van der Waals surface area contributed by atoms with Crippen molar-refractivity contribution < 1.29 is 14.6 Å². The molecular formula is C12H19N3O3. The SMILES string of the molecule is COCC(Nc1nc(C)cc(C(=O)O)n1)C(C)C. The zero-order valence-corrected chi connectivity index (χ0v) is 11.1. The second kappa shape index (κ2) is 6.30. The lowest BCUT2D eigenvalue weighted by molar-refractivity contribution is 0.0690. The van der Waals surface area contributed by atoms with Crippen LogP contribution in [0.1, 0.15) is 30.0 Å². The van der Waals surface area contributed by atoms with Gasteiger partial charge in [-0.2, -0.15) is 0 Å². The second-order valence-electron chi connectivity index (χ2n) is 4.47.